The van der Waals surface area contributed by atoms with Gasteiger partial charge in [0.05, 0.1) is 17.5 Å². The van der Waals surface area contributed by atoms with E-state index >= 15 is 0 Å². The summed E-state index contributed by atoms with van der Waals surface area (Å²) in [6.07, 6.45) is 0. The van der Waals surface area contributed by atoms with Gasteiger partial charge < -0.3 is 10.1 Å². The van der Waals surface area contributed by atoms with E-state index in [1.165, 1.54) is 23.5 Å². The lowest BCUT2D eigenvalue weighted by Gasteiger charge is -2.14. The summed E-state index contributed by atoms with van der Waals surface area (Å²) in [5.41, 5.74) is 1.83. The second-order valence-electron chi connectivity index (χ2n) is 6.31. The number of hydrogen-bond donors (Lipinski definition) is 2. The molecule has 1 aromatic heterocycles. The first-order chi connectivity index (χ1) is 13.8. The highest BCUT2D eigenvalue weighted by atomic mass is 32.2. The lowest BCUT2D eigenvalue weighted by atomic mass is 10.1. The molecule has 1 atom stereocenters. The molecule has 1 amide bonds. The molecular weight excluding hydrogens is 410 g/mol. The smallest absolute Gasteiger partial charge is 0.271 e. The van der Waals surface area contributed by atoms with E-state index in [0.717, 1.165) is 16.3 Å². The van der Waals surface area contributed by atoms with Crippen LogP contribution < -0.4 is 15.2 Å². The van der Waals surface area contributed by atoms with Crippen LogP contribution in [-0.4, -0.2) is 25.9 Å². The Hall–Kier alpha value is -2.75. The molecule has 152 valence electrons. The molecule has 0 saturated carbocycles. The number of ether oxygens (including phenoxy) is 1. The molecule has 3 rings (SSSR count). The van der Waals surface area contributed by atoms with E-state index in [1.807, 2.05) is 31.2 Å². The lowest BCUT2D eigenvalue weighted by molar-refractivity contribution is 0.0935. The van der Waals surface area contributed by atoms with Gasteiger partial charge in [0.25, 0.3) is 5.91 Å². The molecule has 29 heavy (non-hydrogen) atoms. The van der Waals surface area contributed by atoms with Gasteiger partial charge in [-0.1, -0.05) is 12.1 Å². The number of primary sulfonamides is 1. The maximum absolute atomic E-state index is 12.6. The number of nitrogens with one attached hydrogen (secondary N) is 1. The van der Waals surface area contributed by atoms with Crippen molar-refractivity contribution >= 4 is 27.3 Å². The zero-order chi connectivity index (χ0) is 21.0. The minimum Gasteiger partial charge on any atom is -0.494 e. The van der Waals surface area contributed by atoms with Gasteiger partial charge in [-0.15, -0.1) is 11.3 Å². The highest BCUT2D eigenvalue weighted by Gasteiger charge is 2.17. The molecule has 1 heterocycles. The molecular formula is C20H21N3O4S2. The van der Waals surface area contributed by atoms with E-state index in [0.29, 0.717) is 17.9 Å². The van der Waals surface area contributed by atoms with Crippen molar-refractivity contribution in [3.63, 3.8) is 0 Å². The topological polar surface area (TPSA) is 111 Å². The largest absolute Gasteiger partial charge is 0.494 e. The minimum absolute atomic E-state index is 0.00235. The number of aromatic nitrogens is 1. The molecule has 0 spiro atoms. The number of carbonyl (C=O) groups is 1. The van der Waals surface area contributed by atoms with Crippen molar-refractivity contribution in [3.8, 4) is 16.3 Å². The Kier molecular flexibility index (Phi) is 6.31. The highest BCUT2D eigenvalue weighted by molar-refractivity contribution is 7.89. The monoisotopic (exact) mass is 431 g/mol. The van der Waals surface area contributed by atoms with E-state index < -0.39 is 16.1 Å². The summed E-state index contributed by atoms with van der Waals surface area (Å²) in [6.45, 7) is 4.28. The summed E-state index contributed by atoms with van der Waals surface area (Å²) < 4.78 is 28.5. The Morgan fingerprint density at radius 3 is 2.62 bits per heavy atom. The van der Waals surface area contributed by atoms with Crippen LogP contribution in [-0.2, 0) is 10.0 Å². The van der Waals surface area contributed by atoms with Gasteiger partial charge in [0.2, 0.25) is 10.0 Å². The molecule has 0 bridgehead atoms. The van der Waals surface area contributed by atoms with Gasteiger partial charge in [0, 0.05) is 10.9 Å². The van der Waals surface area contributed by atoms with Gasteiger partial charge in [0.15, 0.2) is 0 Å². The Morgan fingerprint density at radius 2 is 1.97 bits per heavy atom. The SMILES string of the molecule is CCOc1ccc(-c2nc(C(=O)NC(C)c3cccc(S(N)(=O)=O)c3)cs2)cc1. The van der Waals surface area contributed by atoms with Crippen molar-refractivity contribution in [3.05, 3.63) is 65.2 Å². The van der Waals surface area contributed by atoms with Crippen LogP contribution in [0, 0.1) is 0 Å². The average molecular weight is 432 g/mol. The molecule has 0 aliphatic heterocycles. The van der Waals surface area contributed by atoms with Crippen molar-refractivity contribution < 1.29 is 17.9 Å². The summed E-state index contributed by atoms with van der Waals surface area (Å²) in [5, 5.41) is 10.4. The van der Waals surface area contributed by atoms with Crippen molar-refractivity contribution in [2.24, 2.45) is 5.14 Å². The second kappa shape index (κ2) is 8.73. The molecule has 3 N–H and O–H groups in total. The van der Waals surface area contributed by atoms with Crippen molar-refractivity contribution in [2.45, 2.75) is 24.8 Å². The zero-order valence-corrected chi connectivity index (χ0v) is 17.6. The predicted molar refractivity (Wildman–Crippen MR) is 112 cm³/mol. The number of rotatable bonds is 7. The summed E-state index contributed by atoms with van der Waals surface area (Å²) in [7, 11) is -3.81. The van der Waals surface area contributed by atoms with E-state index in [9.17, 15) is 13.2 Å². The Labute approximate surface area is 173 Å². The molecule has 0 saturated heterocycles. The maximum Gasteiger partial charge on any atom is 0.271 e. The Morgan fingerprint density at radius 1 is 1.24 bits per heavy atom. The van der Waals surface area contributed by atoms with Gasteiger partial charge in [0.1, 0.15) is 16.5 Å². The second-order valence-corrected chi connectivity index (χ2v) is 8.73. The molecule has 0 aliphatic carbocycles. The van der Waals surface area contributed by atoms with Crippen LogP contribution in [0.25, 0.3) is 10.6 Å². The normalized spacial score (nSPS) is 12.4. The number of sulfonamides is 1. The molecule has 9 heteroatoms. The first-order valence-electron chi connectivity index (χ1n) is 8.90. The molecule has 1 unspecified atom stereocenters. The number of carbonyl (C=O) groups excluding carboxylic acids is 1. The van der Waals surface area contributed by atoms with E-state index in [2.05, 4.69) is 10.3 Å². The van der Waals surface area contributed by atoms with Crippen LogP contribution in [0.3, 0.4) is 0 Å². The number of thiazole rings is 1. The first-order valence-corrected chi connectivity index (χ1v) is 11.3. The predicted octanol–water partition coefficient (Wildman–Crippen LogP) is 3.35. The van der Waals surface area contributed by atoms with Gasteiger partial charge in [-0.05, 0) is 55.8 Å². The van der Waals surface area contributed by atoms with Crippen LogP contribution >= 0.6 is 11.3 Å². The maximum atomic E-state index is 12.6. The third kappa shape index (κ3) is 5.20. The van der Waals surface area contributed by atoms with Crippen LogP contribution in [0.5, 0.6) is 5.75 Å². The minimum atomic E-state index is -3.81. The standard InChI is InChI=1S/C20H21N3O4S2/c1-3-27-16-9-7-14(8-10-16)20-23-18(12-28-20)19(24)22-13(2)15-5-4-6-17(11-15)29(21,25)26/h4-13H,3H2,1-2H3,(H,22,24)(H2,21,25,26). The van der Waals surface area contributed by atoms with Crippen LogP contribution in [0.4, 0.5) is 0 Å². The Balaban J connectivity index is 1.72. The fraction of sp³-hybridized carbons (Fsp3) is 0.200. The van der Waals surface area contributed by atoms with Gasteiger partial charge >= 0.3 is 0 Å². The third-order valence-corrected chi connectivity index (χ3v) is 5.99. The molecule has 0 aliphatic rings. The van der Waals surface area contributed by atoms with E-state index in [4.69, 9.17) is 9.88 Å². The highest BCUT2D eigenvalue weighted by Crippen LogP contribution is 2.26. The number of nitrogens with two attached hydrogens (primary N) is 1. The zero-order valence-electron chi connectivity index (χ0n) is 16.0. The Bertz CT molecular complexity index is 1110. The summed E-state index contributed by atoms with van der Waals surface area (Å²) in [5.74, 6) is 0.438. The molecule has 0 fully saturated rings. The lowest BCUT2D eigenvalue weighted by Crippen LogP contribution is -2.27. The number of hydrogen-bond acceptors (Lipinski definition) is 6. The van der Waals surface area contributed by atoms with Gasteiger partial charge in [-0.2, -0.15) is 0 Å². The summed E-state index contributed by atoms with van der Waals surface area (Å²) in [6, 6.07) is 13.3. The van der Waals surface area contributed by atoms with Gasteiger partial charge in [-0.25, -0.2) is 18.5 Å². The van der Waals surface area contributed by atoms with E-state index in [-0.39, 0.29) is 10.8 Å². The van der Waals surface area contributed by atoms with Crippen LogP contribution in [0.1, 0.15) is 35.9 Å². The van der Waals surface area contributed by atoms with E-state index in [1.54, 1.807) is 24.4 Å². The number of benzene rings is 2. The quantitative estimate of drug-likeness (QED) is 0.596. The third-order valence-electron chi connectivity index (χ3n) is 4.18. The first kappa shape index (κ1) is 21.0. The number of nitrogens with zero attached hydrogens (tertiary/aromatic N) is 1. The summed E-state index contributed by atoms with van der Waals surface area (Å²) >= 11 is 1.37. The van der Waals surface area contributed by atoms with Gasteiger partial charge in [-0.3, -0.25) is 4.79 Å². The average Bonchev–Trinajstić information content (AvgIpc) is 3.18. The van der Waals surface area contributed by atoms with Crippen molar-refractivity contribution in [2.75, 3.05) is 6.61 Å². The molecule has 7 nitrogen and oxygen atoms in total. The molecule has 3 aromatic rings. The van der Waals surface area contributed by atoms with Crippen LogP contribution in [0.15, 0.2) is 58.8 Å². The molecule has 2 aromatic carbocycles. The van der Waals surface area contributed by atoms with Crippen molar-refractivity contribution in [1.82, 2.24) is 10.3 Å². The van der Waals surface area contributed by atoms with Crippen LogP contribution in [0.2, 0.25) is 0 Å². The summed E-state index contributed by atoms with van der Waals surface area (Å²) in [4.78, 5) is 17.0. The fourth-order valence-electron chi connectivity index (χ4n) is 2.69. The van der Waals surface area contributed by atoms with Crippen molar-refractivity contribution in [1.29, 1.82) is 0 Å². The molecule has 0 radical (unpaired) electrons. The fourth-order valence-corrected chi connectivity index (χ4v) is 4.06. The number of amides is 1.